The summed E-state index contributed by atoms with van der Waals surface area (Å²) in [5, 5.41) is 0.722. The number of nitrogens with zero attached hydrogens (tertiary/aromatic N) is 1. The summed E-state index contributed by atoms with van der Waals surface area (Å²) in [6, 6.07) is 9.14. The molecule has 1 atom stereocenters. The Bertz CT molecular complexity index is 557. The highest BCUT2D eigenvalue weighted by molar-refractivity contribution is 7.15. The molecule has 0 spiro atoms. The number of fused-ring (bicyclic) bond motifs is 1. The minimum atomic E-state index is 0.509. The molecule has 1 aromatic carbocycles. The van der Waals surface area contributed by atoms with Gasteiger partial charge in [-0.05, 0) is 36.8 Å². The quantitative estimate of drug-likeness (QED) is 0.911. The van der Waals surface area contributed by atoms with Crippen LogP contribution in [0.3, 0.4) is 0 Å². The highest BCUT2D eigenvalue weighted by Gasteiger charge is 2.25. The third-order valence-electron chi connectivity index (χ3n) is 3.89. The number of nitrogen functional groups attached to an aromatic ring is 1. The molecule has 0 radical (unpaired) electrons. The van der Waals surface area contributed by atoms with Gasteiger partial charge in [0.2, 0.25) is 0 Å². The smallest absolute Gasteiger partial charge is 0.180 e. The molecule has 3 heteroatoms. The molecule has 0 aliphatic heterocycles. The topological polar surface area (TPSA) is 38.9 Å². The average molecular weight is 272 g/mol. The van der Waals surface area contributed by atoms with Crippen LogP contribution >= 0.6 is 11.3 Å². The minimum Gasteiger partial charge on any atom is -0.375 e. The van der Waals surface area contributed by atoms with Crippen LogP contribution in [-0.2, 0) is 12.8 Å². The maximum atomic E-state index is 5.87. The van der Waals surface area contributed by atoms with Gasteiger partial charge in [-0.25, -0.2) is 4.98 Å². The Kier molecular flexibility index (Phi) is 3.56. The molecule has 1 aliphatic carbocycles. The second kappa shape index (κ2) is 5.33. The molecule has 2 N–H and O–H groups in total. The van der Waals surface area contributed by atoms with E-state index < -0.39 is 0 Å². The van der Waals surface area contributed by atoms with Gasteiger partial charge in [-0.1, -0.05) is 37.6 Å². The summed E-state index contributed by atoms with van der Waals surface area (Å²) >= 11 is 1.67. The lowest BCUT2D eigenvalue weighted by Gasteiger charge is -2.21. The van der Waals surface area contributed by atoms with Gasteiger partial charge in [-0.15, -0.1) is 11.3 Å². The van der Waals surface area contributed by atoms with Gasteiger partial charge in [-0.3, -0.25) is 0 Å². The number of benzene rings is 1. The van der Waals surface area contributed by atoms with Crippen molar-refractivity contribution < 1.29 is 0 Å². The number of anilines is 1. The van der Waals surface area contributed by atoms with E-state index in [0.29, 0.717) is 5.92 Å². The number of hydrogen-bond donors (Lipinski definition) is 1. The van der Waals surface area contributed by atoms with Crippen molar-refractivity contribution in [3.63, 3.8) is 0 Å². The Morgan fingerprint density at radius 3 is 2.84 bits per heavy atom. The van der Waals surface area contributed by atoms with Gasteiger partial charge in [-0.2, -0.15) is 0 Å². The largest absolute Gasteiger partial charge is 0.375 e. The summed E-state index contributed by atoms with van der Waals surface area (Å²) in [7, 11) is 0. The third-order valence-corrected chi connectivity index (χ3v) is 4.93. The van der Waals surface area contributed by atoms with E-state index in [0.717, 1.165) is 11.6 Å². The van der Waals surface area contributed by atoms with E-state index >= 15 is 0 Å². The molecule has 2 aromatic rings. The zero-order chi connectivity index (χ0) is 13.2. The van der Waals surface area contributed by atoms with Crippen LogP contribution < -0.4 is 5.73 Å². The van der Waals surface area contributed by atoms with Crippen molar-refractivity contribution >= 4 is 16.5 Å². The maximum absolute atomic E-state index is 5.87. The number of aromatic nitrogens is 1. The van der Waals surface area contributed by atoms with E-state index in [1.165, 1.54) is 47.4 Å². The van der Waals surface area contributed by atoms with Crippen molar-refractivity contribution in [1.29, 1.82) is 0 Å². The van der Waals surface area contributed by atoms with Crippen molar-refractivity contribution in [2.75, 3.05) is 5.73 Å². The molecule has 100 valence electrons. The molecule has 1 heterocycles. The minimum absolute atomic E-state index is 0.509. The summed E-state index contributed by atoms with van der Waals surface area (Å²) in [4.78, 5) is 5.87. The van der Waals surface area contributed by atoms with Gasteiger partial charge < -0.3 is 5.73 Å². The van der Waals surface area contributed by atoms with Crippen LogP contribution in [0.5, 0.6) is 0 Å². The van der Waals surface area contributed by atoms with Crippen molar-refractivity contribution in [3.05, 3.63) is 46.0 Å². The molecule has 0 saturated carbocycles. The molecular weight excluding hydrogens is 252 g/mol. The Morgan fingerprint density at radius 2 is 2.11 bits per heavy atom. The maximum Gasteiger partial charge on any atom is 0.180 e. The van der Waals surface area contributed by atoms with Crippen LogP contribution in [0.2, 0.25) is 0 Å². The van der Waals surface area contributed by atoms with Crippen LogP contribution in [0.25, 0.3) is 0 Å². The van der Waals surface area contributed by atoms with Crippen molar-refractivity contribution in [2.45, 2.75) is 44.9 Å². The molecule has 0 fully saturated rings. The normalized spacial score (nSPS) is 18.3. The van der Waals surface area contributed by atoms with Crippen molar-refractivity contribution in [1.82, 2.24) is 4.98 Å². The molecule has 0 amide bonds. The zero-order valence-electron chi connectivity index (χ0n) is 11.4. The average Bonchev–Trinajstić information content (AvgIpc) is 2.80. The molecule has 19 heavy (non-hydrogen) atoms. The first-order chi connectivity index (χ1) is 9.28. The number of thiazole rings is 1. The molecule has 2 nitrogen and oxygen atoms in total. The summed E-state index contributed by atoms with van der Waals surface area (Å²) in [5.74, 6) is 0.509. The van der Waals surface area contributed by atoms with Crippen LogP contribution in [0.15, 0.2) is 24.3 Å². The van der Waals surface area contributed by atoms with Gasteiger partial charge >= 0.3 is 0 Å². The Morgan fingerprint density at radius 1 is 1.32 bits per heavy atom. The lowest BCUT2D eigenvalue weighted by Crippen LogP contribution is -2.09. The second-order valence-corrected chi connectivity index (χ2v) is 6.36. The Labute approximate surface area is 118 Å². The fraction of sp³-hybridized carbons (Fsp3) is 0.438. The number of hydrogen-bond acceptors (Lipinski definition) is 3. The van der Waals surface area contributed by atoms with Gasteiger partial charge in [0.15, 0.2) is 5.13 Å². The summed E-state index contributed by atoms with van der Waals surface area (Å²) in [6.07, 6.45) is 5.91. The van der Waals surface area contributed by atoms with Gasteiger partial charge in [0.1, 0.15) is 0 Å². The van der Waals surface area contributed by atoms with E-state index in [-0.39, 0.29) is 0 Å². The Hall–Kier alpha value is -1.35. The summed E-state index contributed by atoms with van der Waals surface area (Å²) in [6.45, 7) is 2.22. The Balaban J connectivity index is 1.90. The van der Waals surface area contributed by atoms with E-state index in [1.54, 1.807) is 11.3 Å². The van der Waals surface area contributed by atoms with E-state index in [9.17, 15) is 0 Å². The predicted molar refractivity (Wildman–Crippen MR) is 81.7 cm³/mol. The molecule has 0 saturated heterocycles. The molecule has 0 bridgehead atoms. The molecular formula is C16H20N2S. The number of rotatable bonds is 3. The first-order valence-electron chi connectivity index (χ1n) is 7.12. The fourth-order valence-electron chi connectivity index (χ4n) is 2.96. The summed E-state index contributed by atoms with van der Waals surface area (Å²) < 4.78 is 0. The van der Waals surface area contributed by atoms with E-state index in [1.807, 2.05) is 0 Å². The second-order valence-electron chi connectivity index (χ2n) is 5.30. The molecule has 3 rings (SSSR count). The summed E-state index contributed by atoms with van der Waals surface area (Å²) in [5.41, 5.74) is 9.96. The highest BCUT2D eigenvalue weighted by Crippen LogP contribution is 2.40. The SMILES string of the molecule is CCCc1ccc(C2CCCc3nc(N)sc32)cc1. The number of nitrogens with two attached hydrogens (primary N) is 1. The molecule has 1 aromatic heterocycles. The fourth-order valence-corrected chi connectivity index (χ4v) is 4.00. The van der Waals surface area contributed by atoms with Crippen LogP contribution in [-0.4, -0.2) is 4.98 Å². The highest BCUT2D eigenvalue weighted by atomic mass is 32.1. The standard InChI is InChI=1S/C16H20N2S/c1-2-4-11-7-9-12(10-8-11)13-5-3-6-14-15(13)19-16(17)18-14/h7-10,13H,2-6H2,1H3,(H2,17,18). The van der Waals surface area contributed by atoms with Crippen molar-refractivity contribution in [3.8, 4) is 0 Å². The number of aryl methyl sites for hydroxylation is 2. The first-order valence-corrected chi connectivity index (χ1v) is 7.93. The predicted octanol–water partition coefficient (Wildman–Crippen LogP) is 4.15. The zero-order valence-corrected chi connectivity index (χ0v) is 12.2. The van der Waals surface area contributed by atoms with Gasteiger partial charge in [0, 0.05) is 10.8 Å². The third kappa shape index (κ3) is 2.52. The van der Waals surface area contributed by atoms with Crippen LogP contribution in [0.4, 0.5) is 5.13 Å². The first kappa shape index (κ1) is 12.7. The van der Waals surface area contributed by atoms with Gasteiger partial charge in [0.25, 0.3) is 0 Å². The van der Waals surface area contributed by atoms with Crippen LogP contribution in [0.1, 0.15) is 53.8 Å². The van der Waals surface area contributed by atoms with Crippen molar-refractivity contribution in [2.24, 2.45) is 0 Å². The van der Waals surface area contributed by atoms with E-state index in [4.69, 9.17) is 5.73 Å². The molecule has 1 unspecified atom stereocenters. The van der Waals surface area contributed by atoms with Gasteiger partial charge in [0.05, 0.1) is 5.69 Å². The monoisotopic (exact) mass is 272 g/mol. The van der Waals surface area contributed by atoms with Crippen LogP contribution in [0, 0.1) is 0 Å². The van der Waals surface area contributed by atoms with E-state index in [2.05, 4.69) is 36.2 Å². The lowest BCUT2D eigenvalue weighted by molar-refractivity contribution is 0.617. The molecule has 1 aliphatic rings. The lowest BCUT2D eigenvalue weighted by atomic mass is 9.86.